The lowest BCUT2D eigenvalue weighted by Crippen LogP contribution is -2.39. The van der Waals surface area contributed by atoms with Gasteiger partial charge in [0.2, 0.25) is 17.6 Å². The highest BCUT2D eigenvalue weighted by Crippen LogP contribution is 2.18. The molecule has 1 fully saturated rings. The highest BCUT2D eigenvalue weighted by Gasteiger charge is 2.22. The summed E-state index contributed by atoms with van der Waals surface area (Å²) in [5.74, 6) is 1.26. The summed E-state index contributed by atoms with van der Waals surface area (Å²) in [6.07, 6.45) is 2.85. The van der Waals surface area contributed by atoms with Crippen molar-refractivity contribution in [3.8, 4) is 11.6 Å². The van der Waals surface area contributed by atoms with Crippen molar-refractivity contribution in [2.24, 2.45) is 0 Å². The Balaban J connectivity index is 1.26. The van der Waals surface area contributed by atoms with Gasteiger partial charge in [-0.2, -0.15) is 4.98 Å². The van der Waals surface area contributed by atoms with Crippen molar-refractivity contribution in [1.82, 2.24) is 19.9 Å². The van der Waals surface area contributed by atoms with Gasteiger partial charge in [0, 0.05) is 49.7 Å². The van der Waals surface area contributed by atoms with Crippen LogP contribution in [0.2, 0.25) is 5.02 Å². The molecule has 1 aliphatic rings. The molecule has 0 aliphatic carbocycles. The van der Waals surface area contributed by atoms with Crippen molar-refractivity contribution in [1.29, 1.82) is 0 Å². The van der Waals surface area contributed by atoms with Crippen LogP contribution in [-0.4, -0.2) is 58.1 Å². The number of anilines is 1. The molecular weight excluding hydrogens is 422 g/mol. The fourth-order valence-electron chi connectivity index (χ4n) is 3.37. The van der Waals surface area contributed by atoms with Crippen LogP contribution in [0.15, 0.2) is 51.6 Å². The summed E-state index contributed by atoms with van der Waals surface area (Å²) in [5, 5.41) is 7.28. The molecule has 10 heteroatoms. The van der Waals surface area contributed by atoms with Gasteiger partial charge in [-0.05, 0) is 36.8 Å². The minimum atomic E-state index is -0.201. The average molecular weight is 444 g/mol. The molecule has 1 aromatic carbocycles. The molecule has 31 heavy (non-hydrogen) atoms. The second kappa shape index (κ2) is 9.65. The number of rotatable bonds is 5. The Morgan fingerprint density at radius 1 is 1.10 bits per heavy atom. The third-order valence-corrected chi connectivity index (χ3v) is 5.21. The Morgan fingerprint density at radius 3 is 2.74 bits per heavy atom. The van der Waals surface area contributed by atoms with E-state index in [2.05, 4.69) is 15.5 Å². The Labute approximate surface area is 183 Å². The fourth-order valence-corrected chi connectivity index (χ4v) is 3.56. The molecule has 162 valence electrons. The van der Waals surface area contributed by atoms with Crippen LogP contribution >= 0.6 is 11.6 Å². The number of halogens is 1. The summed E-state index contributed by atoms with van der Waals surface area (Å²) in [6.45, 7) is 2.11. The molecule has 1 saturated heterocycles. The molecule has 1 aliphatic heterocycles. The second-order valence-corrected chi connectivity index (χ2v) is 7.59. The maximum absolute atomic E-state index is 12.6. The van der Waals surface area contributed by atoms with Crippen LogP contribution in [0.4, 0.5) is 10.5 Å². The van der Waals surface area contributed by atoms with Crippen molar-refractivity contribution in [2.45, 2.75) is 19.3 Å². The summed E-state index contributed by atoms with van der Waals surface area (Å²) < 4.78 is 10.4. The van der Waals surface area contributed by atoms with Crippen LogP contribution < -0.4 is 5.32 Å². The zero-order chi connectivity index (χ0) is 21.6. The smallest absolute Gasteiger partial charge is 0.321 e. The molecule has 9 nitrogen and oxygen atoms in total. The molecule has 0 radical (unpaired) electrons. The van der Waals surface area contributed by atoms with Crippen LogP contribution in [0.3, 0.4) is 0 Å². The Bertz CT molecular complexity index is 1040. The van der Waals surface area contributed by atoms with E-state index in [9.17, 15) is 9.59 Å². The number of urea groups is 1. The zero-order valence-electron chi connectivity index (χ0n) is 16.8. The van der Waals surface area contributed by atoms with E-state index in [0.29, 0.717) is 67.2 Å². The van der Waals surface area contributed by atoms with E-state index in [1.54, 1.807) is 46.2 Å². The predicted octanol–water partition coefficient (Wildman–Crippen LogP) is 3.68. The molecule has 3 amide bonds. The van der Waals surface area contributed by atoms with Crippen molar-refractivity contribution in [2.75, 3.05) is 31.5 Å². The van der Waals surface area contributed by atoms with Crippen molar-refractivity contribution in [3.63, 3.8) is 0 Å². The van der Waals surface area contributed by atoms with Gasteiger partial charge < -0.3 is 24.1 Å². The molecule has 2 aromatic heterocycles. The third-order valence-electron chi connectivity index (χ3n) is 4.97. The monoisotopic (exact) mass is 443 g/mol. The molecule has 4 rings (SSSR count). The predicted molar refractivity (Wildman–Crippen MR) is 114 cm³/mol. The molecule has 0 bridgehead atoms. The quantitative estimate of drug-likeness (QED) is 0.644. The second-order valence-electron chi connectivity index (χ2n) is 7.15. The molecule has 3 aromatic rings. The molecule has 0 spiro atoms. The topological polar surface area (TPSA) is 105 Å². The standard InChI is InChI=1S/C21H22ClN5O4/c22-15-4-1-5-16(14-15)23-21(29)27-10-3-9-26(11-12-27)19(28)8-7-18-24-20(25-31-18)17-6-2-13-30-17/h1-2,4-6,13-14H,3,7-12H2,(H,23,29). The van der Waals surface area contributed by atoms with E-state index in [-0.39, 0.29) is 18.4 Å². The summed E-state index contributed by atoms with van der Waals surface area (Å²) >= 11 is 5.97. The fraction of sp³-hybridized carbons (Fsp3) is 0.333. The minimum Gasteiger partial charge on any atom is -0.461 e. The Morgan fingerprint density at radius 2 is 1.94 bits per heavy atom. The van der Waals surface area contributed by atoms with Gasteiger partial charge >= 0.3 is 6.03 Å². The van der Waals surface area contributed by atoms with Crippen LogP contribution in [0.25, 0.3) is 11.6 Å². The molecular formula is C21H22ClN5O4. The van der Waals surface area contributed by atoms with Gasteiger partial charge in [-0.15, -0.1) is 0 Å². The number of amides is 3. The summed E-state index contributed by atoms with van der Waals surface area (Å²) in [5.41, 5.74) is 0.642. The lowest BCUT2D eigenvalue weighted by molar-refractivity contribution is -0.131. The molecule has 0 saturated carbocycles. The lowest BCUT2D eigenvalue weighted by atomic mass is 10.2. The molecule has 0 unspecified atom stereocenters. The molecule has 1 N–H and O–H groups in total. The third kappa shape index (κ3) is 5.43. The highest BCUT2D eigenvalue weighted by molar-refractivity contribution is 6.30. The number of hydrogen-bond acceptors (Lipinski definition) is 6. The normalized spacial score (nSPS) is 14.4. The number of carbonyl (C=O) groups excluding carboxylic acids is 2. The number of aryl methyl sites for hydroxylation is 1. The van der Waals surface area contributed by atoms with E-state index in [1.165, 1.54) is 6.26 Å². The Kier molecular flexibility index (Phi) is 6.51. The van der Waals surface area contributed by atoms with E-state index in [4.69, 9.17) is 20.5 Å². The van der Waals surface area contributed by atoms with E-state index in [1.807, 2.05) is 0 Å². The first-order valence-electron chi connectivity index (χ1n) is 10.0. The van der Waals surface area contributed by atoms with Gasteiger partial charge in [0.25, 0.3) is 0 Å². The molecule has 0 atom stereocenters. The summed E-state index contributed by atoms with van der Waals surface area (Å²) in [4.78, 5) is 32.9. The largest absolute Gasteiger partial charge is 0.461 e. The van der Waals surface area contributed by atoms with E-state index in [0.717, 1.165) is 0 Å². The Hall–Kier alpha value is -3.33. The first-order valence-corrected chi connectivity index (χ1v) is 10.4. The lowest BCUT2D eigenvalue weighted by Gasteiger charge is -2.22. The van der Waals surface area contributed by atoms with Gasteiger partial charge in [0.1, 0.15) is 0 Å². The van der Waals surface area contributed by atoms with Crippen LogP contribution in [0.1, 0.15) is 18.7 Å². The molecule has 3 heterocycles. The number of benzene rings is 1. The van der Waals surface area contributed by atoms with E-state index >= 15 is 0 Å². The number of hydrogen-bond donors (Lipinski definition) is 1. The first kappa shape index (κ1) is 20.9. The number of nitrogens with zero attached hydrogens (tertiary/aromatic N) is 4. The van der Waals surface area contributed by atoms with E-state index < -0.39 is 0 Å². The van der Waals surface area contributed by atoms with Gasteiger partial charge in [-0.25, -0.2) is 4.79 Å². The number of aromatic nitrogens is 2. The van der Waals surface area contributed by atoms with Gasteiger partial charge in [0.15, 0.2) is 5.76 Å². The van der Waals surface area contributed by atoms with Crippen LogP contribution in [0, 0.1) is 0 Å². The first-order chi connectivity index (χ1) is 15.1. The SMILES string of the molecule is O=C(CCc1nc(-c2ccco2)no1)N1CCCN(C(=O)Nc2cccc(Cl)c2)CC1. The van der Waals surface area contributed by atoms with Gasteiger partial charge in [0.05, 0.1) is 6.26 Å². The zero-order valence-corrected chi connectivity index (χ0v) is 17.5. The highest BCUT2D eigenvalue weighted by atomic mass is 35.5. The van der Waals surface area contributed by atoms with Crippen molar-refractivity contribution in [3.05, 3.63) is 53.6 Å². The summed E-state index contributed by atoms with van der Waals surface area (Å²) in [6, 6.07) is 10.3. The van der Waals surface area contributed by atoms with Crippen molar-refractivity contribution < 1.29 is 18.5 Å². The van der Waals surface area contributed by atoms with Gasteiger partial charge in [-0.1, -0.05) is 22.8 Å². The summed E-state index contributed by atoms with van der Waals surface area (Å²) in [7, 11) is 0. The number of nitrogens with one attached hydrogen (secondary N) is 1. The van der Waals surface area contributed by atoms with Crippen LogP contribution in [-0.2, 0) is 11.2 Å². The number of furan rings is 1. The maximum Gasteiger partial charge on any atom is 0.321 e. The average Bonchev–Trinajstić information content (AvgIpc) is 3.39. The van der Waals surface area contributed by atoms with Crippen LogP contribution in [0.5, 0.6) is 0 Å². The maximum atomic E-state index is 12.6. The van der Waals surface area contributed by atoms with Gasteiger partial charge in [-0.3, -0.25) is 4.79 Å². The van der Waals surface area contributed by atoms with Crippen molar-refractivity contribution >= 4 is 29.2 Å². The number of carbonyl (C=O) groups is 2. The minimum absolute atomic E-state index is 0.00477.